The van der Waals surface area contributed by atoms with Gasteiger partial charge in [0.25, 0.3) is 0 Å². The number of aliphatic hydroxyl groups is 1. The number of hydrogen-bond acceptors (Lipinski definition) is 6. The molecule has 0 saturated carbocycles. The van der Waals surface area contributed by atoms with Crippen molar-refractivity contribution in [2.45, 2.75) is 6.54 Å². The van der Waals surface area contributed by atoms with Crippen molar-refractivity contribution in [2.24, 2.45) is 0 Å². The van der Waals surface area contributed by atoms with Gasteiger partial charge in [0.1, 0.15) is 16.5 Å². The fourth-order valence-electron chi connectivity index (χ4n) is 2.00. The molecule has 0 unspecified atom stereocenters. The van der Waals surface area contributed by atoms with Crippen LogP contribution in [0, 0.1) is 0 Å². The summed E-state index contributed by atoms with van der Waals surface area (Å²) in [7, 11) is 5.23. The molecule has 1 aromatic carbocycles. The highest BCUT2D eigenvalue weighted by molar-refractivity contribution is 7.13. The van der Waals surface area contributed by atoms with Gasteiger partial charge in [-0.3, -0.25) is 4.90 Å². The second-order valence-electron chi connectivity index (χ2n) is 4.67. The lowest BCUT2D eigenvalue weighted by Crippen LogP contribution is -2.21. The third-order valence-corrected chi connectivity index (χ3v) is 4.03. The first-order valence-corrected chi connectivity index (χ1v) is 7.52. The fourth-order valence-corrected chi connectivity index (χ4v) is 2.85. The summed E-state index contributed by atoms with van der Waals surface area (Å²) in [5.74, 6) is 1.51. The molecule has 0 aliphatic rings. The molecule has 5 nitrogen and oxygen atoms in total. The first-order valence-electron chi connectivity index (χ1n) is 6.64. The third-order valence-electron chi connectivity index (χ3n) is 3.10. The van der Waals surface area contributed by atoms with Crippen LogP contribution in [0.3, 0.4) is 0 Å². The third kappa shape index (κ3) is 3.93. The highest BCUT2D eigenvalue weighted by Gasteiger charge is 2.12. The van der Waals surface area contributed by atoms with E-state index in [2.05, 4.69) is 4.98 Å². The Kier molecular flexibility index (Phi) is 5.55. The smallest absolute Gasteiger partial charge is 0.132 e. The van der Waals surface area contributed by atoms with Crippen LogP contribution < -0.4 is 9.47 Å². The molecule has 1 N–H and O–H groups in total. The second kappa shape index (κ2) is 7.40. The molecule has 114 valence electrons. The van der Waals surface area contributed by atoms with E-state index in [1.807, 2.05) is 35.5 Å². The second-order valence-corrected chi connectivity index (χ2v) is 5.53. The molecule has 0 amide bonds. The van der Waals surface area contributed by atoms with Gasteiger partial charge in [-0.1, -0.05) is 0 Å². The Morgan fingerprint density at radius 2 is 2.10 bits per heavy atom. The molecule has 0 spiro atoms. The van der Waals surface area contributed by atoms with Crippen molar-refractivity contribution < 1.29 is 14.6 Å². The number of rotatable bonds is 7. The number of thiazole rings is 1. The Balaban J connectivity index is 2.21. The van der Waals surface area contributed by atoms with Gasteiger partial charge in [-0.15, -0.1) is 11.3 Å². The lowest BCUT2D eigenvalue weighted by molar-refractivity contribution is 0.216. The van der Waals surface area contributed by atoms with Crippen LogP contribution in [0.5, 0.6) is 11.5 Å². The predicted molar refractivity (Wildman–Crippen MR) is 84.1 cm³/mol. The lowest BCUT2D eigenvalue weighted by atomic mass is 10.2. The summed E-state index contributed by atoms with van der Waals surface area (Å²) in [4.78, 5) is 6.67. The summed E-state index contributed by atoms with van der Waals surface area (Å²) >= 11 is 1.58. The maximum atomic E-state index is 8.93. The predicted octanol–water partition coefficient (Wildman–Crippen LogP) is 2.25. The van der Waals surface area contributed by atoms with E-state index in [0.717, 1.165) is 34.3 Å². The summed E-state index contributed by atoms with van der Waals surface area (Å²) in [6.45, 7) is 1.51. The number of hydrogen-bond donors (Lipinski definition) is 1. The highest BCUT2D eigenvalue weighted by atomic mass is 32.1. The molecule has 1 heterocycles. The molecule has 2 aromatic rings. The molecule has 6 heteroatoms. The molecule has 0 atom stereocenters. The molecular formula is C15H20N2O3S. The van der Waals surface area contributed by atoms with Gasteiger partial charge in [-0.25, -0.2) is 4.98 Å². The van der Waals surface area contributed by atoms with E-state index >= 15 is 0 Å². The van der Waals surface area contributed by atoms with E-state index in [1.165, 1.54) is 0 Å². The molecule has 21 heavy (non-hydrogen) atoms. The van der Waals surface area contributed by atoms with Crippen LogP contribution in [0.1, 0.15) is 5.69 Å². The van der Waals surface area contributed by atoms with Crippen molar-refractivity contribution in [3.63, 3.8) is 0 Å². The zero-order chi connectivity index (χ0) is 15.2. The lowest BCUT2D eigenvalue weighted by Gasteiger charge is -2.12. The molecule has 1 aromatic heterocycles. The van der Waals surface area contributed by atoms with Crippen molar-refractivity contribution in [3.8, 4) is 22.1 Å². The number of benzene rings is 1. The average Bonchev–Trinajstić information content (AvgIpc) is 2.94. The van der Waals surface area contributed by atoms with Gasteiger partial charge in [-0.05, 0) is 19.2 Å². The summed E-state index contributed by atoms with van der Waals surface area (Å²) in [6, 6.07) is 5.71. The van der Waals surface area contributed by atoms with Crippen LogP contribution in [0.4, 0.5) is 0 Å². The van der Waals surface area contributed by atoms with E-state index in [0.29, 0.717) is 6.54 Å². The van der Waals surface area contributed by atoms with Gasteiger partial charge in [0.2, 0.25) is 0 Å². The van der Waals surface area contributed by atoms with Gasteiger partial charge in [0.15, 0.2) is 0 Å². The summed E-state index contributed by atoms with van der Waals surface area (Å²) in [5.41, 5.74) is 1.95. The maximum Gasteiger partial charge on any atom is 0.132 e. The van der Waals surface area contributed by atoms with Gasteiger partial charge in [-0.2, -0.15) is 0 Å². The van der Waals surface area contributed by atoms with E-state index in [4.69, 9.17) is 14.6 Å². The zero-order valence-corrected chi connectivity index (χ0v) is 13.3. The van der Waals surface area contributed by atoms with Crippen molar-refractivity contribution in [1.29, 1.82) is 0 Å². The van der Waals surface area contributed by atoms with E-state index in [9.17, 15) is 0 Å². The largest absolute Gasteiger partial charge is 0.497 e. The highest BCUT2D eigenvalue weighted by Crippen LogP contribution is 2.35. The van der Waals surface area contributed by atoms with Gasteiger partial charge >= 0.3 is 0 Å². The van der Waals surface area contributed by atoms with Crippen LogP contribution in [0.15, 0.2) is 23.6 Å². The molecule has 0 radical (unpaired) electrons. The van der Waals surface area contributed by atoms with Crippen molar-refractivity contribution in [3.05, 3.63) is 29.3 Å². The van der Waals surface area contributed by atoms with Crippen LogP contribution in [-0.2, 0) is 6.54 Å². The number of aromatic nitrogens is 1. The Hall–Kier alpha value is -1.63. The quantitative estimate of drug-likeness (QED) is 0.850. The summed E-state index contributed by atoms with van der Waals surface area (Å²) in [6.07, 6.45) is 0. The molecule has 0 fully saturated rings. The van der Waals surface area contributed by atoms with E-state index in [-0.39, 0.29) is 6.61 Å². The Morgan fingerprint density at radius 3 is 2.76 bits per heavy atom. The van der Waals surface area contributed by atoms with Crippen LogP contribution >= 0.6 is 11.3 Å². The molecule has 0 aliphatic carbocycles. The SMILES string of the molecule is COc1ccc(-c2nc(CN(C)CCO)cs2)c(OC)c1. The Bertz CT molecular complexity index is 586. The number of likely N-dealkylation sites (N-methyl/N-ethyl adjacent to an activating group) is 1. The van der Waals surface area contributed by atoms with E-state index < -0.39 is 0 Å². The van der Waals surface area contributed by atoms with Crippen molar-refractivity contribution >= 4 is 11.3 Å². The average molecular weight is 308 g/mol. The fraction of sp³-hybridized carbons (Fsp3) is 0.400. The van der Waals surface area contributed by atoms with Crippen LogP contribution in [0.2, 0.25) is 0 Å². The standard InChI is InChI=1S/C15H20N2O3S/c1-17(6-7-18)9-11-10-21-15(16-11)13-5-4-12(19-2)8-14(13)20-3/h4-5,8,10,18H,6-7,9H2,1-3H3. The van der Waals surface area contributed by atoms with Crippen molar-refractivity contribution in [1.82, 2.24) is 9.88 Å². The minimum Gasteiger partial charge on any atom is -0.497 e. The number of nitrogens with zero attached hydrogens (tertiary/aromatic N) is 2. The number of methoxy groups -OCH3 is 2. The summed E-state index contributed by atoms with van der Waals surface area (Å²) < 4.78 is 10.6. The van der Waals surface area contributed by atoms with E-state index in [1.54, 1.807) is 25.6 Å². The minimum absolute atomic E-state index is 0.153. The Labute approximate surface area is 128 Å². The first kappa shape index (κ1) is 15.8. The minimum atomic E-state index is 0.153. The van der Waals surface area contributed by atoms with Gasteiger partial charge in [0.05, 0.1) is 32.1 Å². The molecule has 0 bridgehead atoms. The molecule has 2 rings (SSSR count). The summed E-state index contributed by atoms with van der Waals surface area (Å²) in [5, 5.41) is 11.9. The molecule has 0 aliphatic heterocycles. The first-order chi connectivity index (χ1) is 10.2. The van der Waals surface area contributed by atoms with Crippen LogP contribution in [0.25, 0.3) is 10.6 Å². The normalized spacial score (nSPS) is 10.9. The van der Waals surface area contributed by atoms with Crippen molar-refractivity contribution in [2.75, 3.05) is 34.4 Å². The molecule has 0 saturated heterocycles. The number of ether oxygens (including phenoxy) is 2. The Morgan fingerprint density at radius 1 is 1.29 bits per heavy atom. The topological polar surface area (TPSA) is 54.8 Å². The monoisotopic (exact) mass is 308 g/mol. The number of aliphatic hydroxyl groups excluding tert-OH is 1. The van der Waals surface area contributed by atoms with Crippen LogP contribution in [-0.4, -0.2) is 49.4 Å². The van der Waals surface area contributed by atoms with Gasteiger partial charge < -0.3 is 14.6 Å². The van der Waals surface area contributed by atoms with Gasteiger partial charge in [0, 0.05) is 24.5 Å². The zero-order valence-electron chi connectivity index (χ0n) is 12.5. The maximum absolute atomic E-state index is 8.93. The molecular weight excluding hydrogens is 288 g/mol.